The molecule has 2 aromatic rings. The van der Waals surface area contributed by atoms with Gasteiger partial charge in [0.2, 0.25) is 0 Å². The second kappa shape index (κ2) is 6.49. The molecule has 3 N–H and O–H groups in total. The Bertz CT molecular complexity index is 564. The van der Waals surface area contributed by atoms with Gasteiger partial charge in [-0.15, -0.1) is 23.1 Å². The molecule has 2 rings (SSSR count). The fourth-order valence-corrected chi connectivity index (χ4v) is 2.86. The van der Waals surface area contributed by atoms with Crippen molar-refractivity contribution in [3.05, 3.63) is 41.3 Å². The standard InChI is InChI=1S/C13H15N3OS2/c1-17-10-5-3-9(4-6-10)15-16-13(14)11-7-8-12(18-2)19-11/h3-8,15H,1-2H3,(H2,14,16). The van der Waals surface area contributed by atoms with Gasteiger partial charge in [0.05, 0.1) is 21.9 Å². The fourth-order valence-electron chi connectivity index (χ4n) is 1.41. The van der Waals surface area contributed by atoms with Crippen LogP contribution in [0.3, 0.4) is 0 Å². The average Bonchev–Trinajstić information content (AvgIpc) is 2.94. The van der Waals surface area contributed by atoms with Crippen molar-refractivity contribution in [3.63, 3.8) is 0 Å². The first kappa shape index (κ1) is 13.8. The van der Waals surface area contributed by atoms with Crippen LogP contribution in [0.1, 0.15) is 4.88 Å². The van der Waals surface area contributed by atoms with Crippen LogP contribution < -0.4 is 15.9 Å². The molecule has 0 amide bonds. The minimum atomic E-state index is 0.487. The molecule has 0 bridgehead atoms. The van der Waals surface area contributed by atoms with Gasteiger partial charge in [0.15, 0.2) is 5.84 Å². The third-order valence-corrected chi connectivity index (χ3v) is 4.62. The second-order valence-corrected chi connectivity index (χ2v) is 5.85. The zero-order chi connectivity index (χ0) is 13.7. The van der Waals surface area contributed by atoms with Gasteiger partial charge >= 0.3 is 0 Å². The lowest BCUT2D eigenvalue weighted by Crippen LogP contribution is -2.13. The predicted molar refractivity (Wildman–Crippen MR) is 83.4 cm³/mol. The molecule has 6 heteroatoms. The first-order chi connectivity index (χ1) is 9.22. The van der Waals surface area contributed by atoms with E-state index in [9.17, 15) is 0 Å². The van der Waals surface area contributed by atoms with Crippen molar-refractivity contribution < 1.29 is 4.74 Å². The Hall–Kier alpha value is -1.66. The highest BCUT2D eigenvalue weighted by atomic mass is 32.2. The van der Waals surface area contributed by atoms with Crippen LogP contribution in [0.5, 0.6) is 5.75 Å². The van der Waals surface area contributed by atoms with Crippen molar-refractivity contribution in [2.24, 2.45) is 10.8 Å². The fraction of sp³-hybridized carbons (Fsp3) is 0.154. The predicted octanol–water partition coefficient (Wildman–Crippen LogP) is 3.21. The van der Waals surface area contributed by atoms with E-state index in [1.807, 2.05) is 42.7 Å². The smallest absolute Gasteiger partial charge is 0.161 e. The van der Waals surface area contributed by atoms with Gasteiger partial charge < -0.3 is 10.5 Å². The van der Waals surface area contributed by atoms with Crippen LogP contribution in [-0.4, -0.2) is 19.2 Å². The summed E-state index contributed by atoms with van der Waals surface area (Å²) in [7, 11) is 1.64. The molecule has 19 heavy (non-hydrogen) atoms. The number of thiophene rings is 1. The Balaban J connectivity index is 2.04. The molecule has 0 aliphatic carbocycles. The van der Waals surface area contributed by atoms with Gasteiger partial charge in [0.1, 0.15) is 5.75 Å². The molecule has 1 heterocycles. The number of nitrogens with zero attached hydrogens (tertiary/aromatic N) is 1. The van der Waals surface area contributed by atoms with Gasteiger partial charge in [-0.3, -0.25) is 5.43 Å². The number of benzene rings is 1. The number of hydrazone groups is 1. The minimum Gasteiger partial charge on any atom is -0.497 e. The molecule has 1 aromatic carbocycles. The van der Waals surface area contributed by atoms with E-state index in [0.717, 1.165) is 16.3 Å². The molecule has 0 saturated carbocycles. The molecule has 0 spiro atoms. The molecule has 0 aliphatic heterocycles. The maximum absolute atomic E-state index is 5.93. The van der Waals surface area contributed by atoms with E-state index in [1.165, 1.54) is 4.21 Å². The number of nitrogens with one attached hydrogen (secondary N) is 1. The Kier molecular flexibility index (Phi) is 4.70. The van der Waals surface area contributed by atoms with E-state index < -0.39 is 0 Å². The molecule has 100 valence electrons. The Morgan fingerprint density at radius 2 is 2.00 bits per heavy atom. The Morgan fingerprint density at radius 1 is 1.26 bits per heavy atom. The van der Waals surface area contributed by atoms with Gasteiger partial charge in [-0.05, 0) is 42.7 Å². The molecule has 0 aliphatic rings. The number of anilines is 1. The number of hydrogen-bond donors (Lipinski definition) is 2. The van der Waals surface area contributed by atoms with Gasteiger partial charge in [0.25, 0.3) is 0 Å². The van der Waals surface area contributed by atoms with Crippen LogP contribution in [0, 0.1) is 0 Å². The van der Waals surface area contributed by atoms with Crippen LogP contribution in [0.4, 0.5) is 5.69 Å². The van der Waals surface area contributed by atoms with Crippen molar-refractivity contribution in [1.29, 1.82) is 0 Å². The van der Waals surface area contributed by atoms with E-state index in [-0.39, 0.29) is 0 Å². The molecule has 0 unspecified atom stereocenters. The summed E-state index contributed by atoms with van der Waals surface area (Å²) in [5.41, 5.74) is 9.73. The quantitative estimate of drug-likeness (QED) is 0.385. The molecule has 0 atom stereocenters. The van der Waals surface area contributed by atoms with Crippen LogP contribution in [-0.2, 0) is 0 Å². The van der Waals surface area contributed by atoms with Gasteiger partial charge in [-0.2, -0.15) is 5.10 Å². The van der Waals surface area contributed by atoms with Crippen molar-refractivity contribution in [1.82, 2.24) is 0 Å². The van der Waals surface area contributed by atoms with Crippen molar-refractivity contribution in [3.8, 4) is 5.75 Å². The van der Waals surface area contributed by atoms with E-state index in [0.29, 0.717) is 5.84 Å². The largest absolute Gasteiger partial charge is 0.497 e. The first-order valence-electron chi connectivity index (χ1n) is 5.60. The van der Waals surface area contributed by atoms with E-state index in [4.69, 9.17) is 10.5 Å². The maximum Gasteiger partial charge on any atom is 0.161 e. The van der Waals surface area contributed by atoms with Crippen LogP contribution in [0.2, 0.25) is 0 Å². The molecule has 0 fully saturated rings. The lowest BCUT2D eigenvalue weighted by atomic mass is 10.3. The molecular formula is C13H15N3OS2. The van der Waals surface area contributed by atoms with E-state index in [1.54, 1.807) is 30.2 Å². The summed E-state index contributed by atoms with van der Waals surface area (Å²) < 4.78 is 6.31. The second-order valence-electron chi connectivity index (χ2n) is 3.66. The third-order valence-electron chi connectivity index (χ3n) is 2.43. The van der Waals surface area contributed by atoms with E-state index >= 15 is 0 Å². The molecule has 0 saturated heterocycles. The summed E-state index contributed by atoms with van der Waals surface area (Å²) in [6.45, 7) is 0. The highest BCUT2D eigenvalue weighted by Gasteiger charge is 2.03. The lowest BCUT2D eigenvalue weighted by molar-refractivity contribution is 0.415. The Labute approximate surface area is 120 Å². The van der Waals surface area contributed by atoms with Crippen molar-refractivity contribution >= 4 is 34.6 Å². The van der Waals surface area contributed by atoms with E-state index in [2.05, 4.69) is 10.5 Å². The van der Waals surface area contributed by atoms with Crippen LogP contribution >= 0.6 is 23.1 Å². The number of hydrogen-bond acceptors (Lipinski definition) is 5. The maximum atomic E-state index is 5.93. The zero-order valence-electron chi connectivity index (χ0n) is 10.7. The van der Waals surface area contributed by atoms with Gasteiger partial charge in [-0.25, -0.2) is 0 Å². The number of methoxy groups -OCH3 is 1. The molecular weight excluding hydrogens is 278 g/mol. The molecule has 1 aromatic heterocycles. The monoisotopic (exact) mass is 293 g/mol. The third kappa shape index (κ3) is 3.65. The molecule has 4 nitrogen and oxygen atoms in total. The number of rotatable bonds is 5. The highest BCUT2D eigenvalue weighted by Crippen LogP contribution is 2.25. The Morgan fingerprint density at radius 3 is 2.58 bits per heavy atom. The summed E-state index contributed by atoms with van der Waals surface area (Å²) in [6, 6.07) is 11.5. The SMILES string of the molecule is COc1ccc(NN=C(N)c2ccc(SC)s2)cc1. The zero-order valence-corrected chi connectivity index (χ0v) is 12.3. The van der Waals surface area contributed by atoms with Crippen molar-refractivity contribution in [2.45, 2.75) is 4.21 Å². The summed E-state index contributed by atoms with van der Waals surface area (Å²) in [4.78, 5) is 0.963. The summed E-state index contributed by atoms with van der Waals surface area (Å²) >= 11 is 3.33. The summed E-state index contributed by atoms with van der Waals surface area (Å²) in [5.74, 6) is 1.30. The topological polar surface area (TPSA) is 59.6 Å². The average molecular weight is 293 g/mol. The van der Waals surface area contributed by atoms with Crippen LogP contribution in [0.15, 0.2) is 45.7 Å². The van der Waals surface area contributed by atoms with Crippen LogP contribution in [0.25, 0.3) is 0 Å². The normalized spacial score (nSPS) is 11.4. The lowest BCUT2D eigenvalue weighted by Gasteiger charge is -2.03. The summed E-state index contributed by atoms with van der Waals surface area (Å²) in [5, 5.41) is 4.17. The van der Waals surface area contributed by atoms with Gasteiger partial charge in [0, 0.05) is 0 Å². The highest BCUT2D eigenvalue weighted by molar-refractivity contribution is 8.00. The number of thioether (sulfide) groups is 1. The van der Waals surface area contributed by atoms with Gasteiger partial charge in [-0.1, -0.05) is 0 Å². The number of amidine groups is 1. The number of nitrogens with two attached hydrogens (primary N) is 1. The minimum absolute atomic E-state index is 0.487. The van der Waals surface area contributed by atoms with Crippen molar-refractivity contribution in [2.75, 3.05) is 18.8 Å². The number of ether oxygens (including phenoxy) is 1. The molecule has 0 radical (unpaired) electrons. The summed E-state index contributed by atoms with van der Waals surface area (Å²) in [6.07, 6.45) is 2.04. The first-order valence-corrected chi connectivity index (χ1v) is 7.64.